The summed E-state index contributed by atoms with van der Waals surface area (Å²) in [5, 5.41) is 29.4. The van der Waals surface area contributed by atoms with E-state index in [2.05, 4.69) is 10.2 Å². The molecule has 4 rings (SSSR count). The molecule has 4 atom stereocenters. The van der Waals surface area contributed by atoms with Crippen LogP contribution >= 0.6 is 11.6 Å². The van der Waals surface area contributed by atoms with Crippen LogP contribution in [0.1, 0.15) is 31.2 Å². The number of halogens is 1. The summed E-state index contributed by atoms with van der Waals surface area (Å²) in [6.07, 6.45) is 4.58. The number of aromatic nitrogens is 2. The molecule has 106 valence electrons. The topological polar surface area (TPSA) is 69.1 Å². The summed E-state index contributed by atoms with van der Waals surface area (Å²) in [5.74, 6) is 0.826. The molecule has 1 heterocycles. The van der Waals surface area contributed by atoms with Gasteiger partial charge in [-0.3, -0.25) is 5.10 Å². The molecule has 0 aliphatic heterocycles. The number of rotatable bonds is 1. The fourth-order valence-electron chi connectivity index (χ4n) is 4.25. The summed E-state index contributed by atoms with van der Waals surface area (Å²) in [6.45, 7) is 0. The summed E-state index contributed by atoms with van der Waals surface area (Å²) < 4.78 is 0. The number of H-pyrrole nitrogens is 1. The zero-order valence-electron chi connectivity index (χ0n) is 11.0. The van der Waals surface area contributed by atoms with E-state index < -0.39 is 5.60 Å². The van der Waals surface area contributed by atoms with Crippen molar-refractivity contribution in [2.24, 2.45) is 11.8 Å². The van der Waals surface area contributed by atoms with Crippen LogP contribution in [0.5, 0.6) is 0 Å². The highest BCUT2D eigenvalue weighted by Crippen LogP contribution is 2.53. The minimum Gasteiger partial charge on any atom is -0.393 e. The van der Waals surface area contributed by atoms with Crippen LogP contribution in [0.15, 0.2) is 18.3 Å². The minimum atomic E-state index is -0.845. The molecule has 4 nitrogen and oxygen atoms in total. The summed E-state index contributed by atoms with van der Waals surface area (Å²) in [7, 11) is 0. The highest BCUT2D eigenvalue weighted by Gasteiger charge is 2.49. The van der Waals surface area contributed by atoms with Gasteiger partial charge in [0.2, 0.25) is 0 Å². The fourth-order valence-corrected chi connectivity index (χ4v) is 4.47. The van der Waals surface area contributed by atoms with Gasteiger partial charge in [0.15, 0.2) is 0 Å². The molecule has 2 aromatic rings. The van der Waals surface area contributed by atoms with Crippen LogP contribution in [-0.2, 0) is 5.60 Å². The van der Waals surface area contributed by atoms with Crippen molar-refractivity contribution in [3.8, 4) is 0 Å². The smallest absolute Gasteiger partial charge is 0.0909 e. The maximum Gasteiger partial charge on any atom is 0.0909 e. The third-order valence-electron chi connectivity index (χ3n) is 5.04. The Morgan fingerprint density at radius 3 is 2.65 bits per heavy atom. The van der Waals surface area contributed by atoms with E-state index in [1.807, 2.05) is 12.1 Å². The van der Waals surface area contributed by atoms with Crippen molar-refractivity contribution in [2.75, 3.05) is 0 Å². The van der Waals surface area contributed by atoms with E-state index in [4.69, 9.17) is 11.6 Å². The lowest BCUT2D eigenvalue weighted by Gasteiger charge is -2.25. The molecule has 0 radical (unpaired) electrons. The zero-order chi connectivity index (χ0) is 13.9. The summed E-state index contributed by atoms with van der Waals surface area (Å²) in [6, 6.07) is 3.69. The number of aliphatic hydroxyl groups is 2. The second-order valence-electron chi connectivity index (χ2n) is 6.37. The molecule has 0 bridgehead atoms. The lowest BCUT2D eigenvalue weighted by molar-refractivity contribution is 0.0304. The third-order valence-corrected chi connectivity index (χ3v) is 5.26. The first-order chi connectivity index (χ1) is 9.55. The van der Waals surface area contributed by atoms with E-state index in [0.29, 0.717) is 29.7 Å². The van der Waals surface area contributed by atoms with Gasteiger partial charge < -0.3 is 10.2 Å². The highest BCUT2D eigenvalue weighted by atomic mass is 35.5. The Kier molecular flexibility index (Phi) is 2.65. The average Bonchev–Trinajstić information content (AvgIpc) is 3.01. The van der Waals surface area contributed by atoms with Gasteiger partial charge in [-0.1, -0.05) is 11.6 Å². The Morgan fingerprint density at radius 2 is 1.95 bits per heavy atom. The van der Waals surface area contributed by atoms with Gasteiger partial charge in [-0.2, -0.15) is 5.10 Å². The van der Waals surface area contributed by atoms with Gasteiger partial charge in [-0.25, -0.2) is 0 Å². The molecule has 2 aliphatic rings. The van der Waals surface area contributed by atoms with Crippen molar-refractivity contribution in [3.63, 3.8) is 0 Å². The molecule has 2 fully saturated rings. The largest absolute Gasteiger partial charge is 0.393 e. The van der Waals surface area contributed by atoms with E-state index in [1.54, 1.807) is 6.20 Å². The summed E-state index contributed by atoms with van der Waals surface area (Å²) in [5.41, 5.74) is 0.887. The maximum atomic E-state index is 11.1. The number of hydrogen-bond donors (Lipinski definition) is 3. The summed E-state index contributed by atoms with van der Waals surface area (Å²) >= 11 is 6.17. The highest BCUT2D eigenvalue weighted by molar-refractivity contribution is 6.31. The second kappa shape index (κ2) is 4.20. The number of nitrogens with one attached hydrogen (secondary N) is 1. The number of fused-ring (bicyclic) bond motifs is 2. The second-order valence-corrected chi connectivity index (χ2v) is 6.81. The van der Waals surface area contributed by atoms with E-state index in [1.165, 1.54) is 0 Å². The Morgan fingerprint density at radius 1 is 1.25 bits per heavy atom. The Hall–Kier alpha value is -1.10. The lowest BCUT2D eigenvalue weighted by atomic mass is 9.87. The first kappa shape index (κ1) is 12.6. The van der Waals surface area contributed by atoms with Crippen LogP contribution in [0.4, 0.5) is 0 Å². The molecule has 0 saturated heterocycles. The third kappa shape index (κ3) is 1.79. The number of aromatic amines is 1. The van der Waals surface area contributed by atoms with Gasteiger partial charge in [0.1, 0.15) is 0 Å². The van der Waals surface area contributed by atoms with Crippen molar-refractivity contribution in [1.82, 2.24) is 10.2 Å². The molecule has 0 spiro atoms. The molecule has 2 saturated carbocycles. The van der Waals surface area contributed by atoms with Crippen molar-refractivity contribution < 1.29 is 10.2 Å². The molecular weight excluding hydrogens is 276 g/mol. The number of nitrogens with zero attached hydrogens (tertiary/aromatic N) is 1. The van der Waals surface area contributed by atoms with Crippen LogP contribution < -0.4 is 0 Å². The normalized spacial score (nSPS) is 36.6. The quantitative estimate of drug-likeness (QED) is 0.757. The van der Waals surface area contributed by atoms with E-state index in [-0.39, 0.29) is 6.10 Å². The van der Waals surface area contributed by atoms with Gasteiger partial charge in [-0.05, 0) is 55.2 Å². The predicted molar refractivity (Wildman–Crippen MR) is 76.5 cm³/mol. The molecule has 2 unspecified atom stereocenters. The predicted octanol–water partition coefficient (Wildman–Crippen LogP) is 2.58. The van der Waals surface area contributed by atoms with Crippen LogP contribution in [0.25, 0.3) is 10.9 Å². The SMILES string of the molecule is OC1C[C@@H]2CC(O)(c3cc(Cl)cc4[nH]ncc34)C[C@@H]2C1. The maximum absolute atomic E-state index is 11.1. The van der Waals surface area contributed by atoms with Gasteiger partial charge in [0.05, 0.1) is 23.4 Å². The molecule has 20 heavy (non-hydrogen) atoms. The van der Waals surface area contributed by atoms with E-state index in [9.17, 15) is 10.2 Å². The number of benzene rings is 1. The van der Waals surface area contributed by atoms with Crippen LogP contribution in [0.2, 0.25) is 5.02 Å². The molecule has 1 aromatic heterocycles. The zero-order valence-corrected chi connectivity index (χ0v) is 11.8. The monoisotopic (exact) mass is 292 g/mol. The van der Waals surface area contributed by atoms with E-state index in [0.717, 1.165) is 29.3 Å². The van der Waals surface area contributed by atoms with Gasteiger partial charge in [0, 0.05) is 10.4 Å². The molecule has 3 N–H and O–H groups in total. The Balaban J connectivity index is 1.78. The first-order valence-electron chi connectivity index (χ1n) is 7.09. The molecule has 5 heteroatoms. The van der Waals surface area contributed by atoms with Crippen LogP contribution in [0, 0.1) is 11.8 Å². The molecular formula is C15H17ClN2O2. The number of aliphatic hydroxyl groups excluding tert-OH is 1. The van der Waals surface area contributed by atoms with Crippen molar-refractivity contribution in [3.05, 3.63) is 28.9 Å². The van der Waals surface area contributed by atoms with Crippen molar-refractivity contribution in [2.45, 2.75) is 37.4 Å². The minimum absolute atomic E-state index is 0.192. The van der Waals surface area contributed by atoms with E-state index >= 15 is 0 Å². The summed E-state index contributed by atoms with van der Waals surface area (Å²) in [4.78, 5) is 0. The van der Waals surface area contributed by atoms with Crippen LogP contribution in [-0.4, -0.2) is 26.5 Å². The van der Waals surface area contributed by atoms with Crippen molar-refractivity contribution in [1.29, 1.82) is 0 Å². The number of hydrogen-bond acceptors (Lipinski definition) is 3. The van der Waals surface area contributed by atoms with Gasteiger partial charge in [-0.15, -0.1) is 0 Å². The van der Waals surface area contributed by atoms with Crippen LogP contribution in [0.3, 0.4) is 0 Å². The van der Waals surface area contributed by atoms with Gasteiger partial charge >= 0.3 is 0 Å². The Bertz CT molecular complexity index is 655. The first-order valence-corrected chi connectivity index (χ1v) is 7.46. The standard InChI is InChI=1S/C15H17ClN2O2/c16-10-3-13(12-7-17-18-14(12)4-10)15(20)5-8-1-11(19)2-9(8)6-15/h3-4,7-9,11,19-20H,1-2,5-6H2,(H,17,18)/t8-,9+,11?,15?. The molecule has 2 aliphatic carbocycles. The average molecular weight is 293 g/mol. The van der Waals surface area contributed by atoms with Crippen molar-refractivity contribution >= 4 is 22.5 Å². The molecule has 1 aromatic carbocycles. The van der Waals surface area contributed by atoms with Gasteiger partial charge in [0.25, 0.3) is 0 Å². The molecule has 0 amide bonds. The fraction of sp³-hybridized carbons (Fsp3) is 0.533. The Labute approximate surface area is 121 Å². The lowest BCUT2D eigenvalue weighted by Crippen LogP contribution is -2.24.